The van der Waals surface area contributed by atoms with Gasteiger partial charge in [0.2, 0.25) is 0 Å². The summed E-state index contributed by atoms with van der Waals surface area (Å²) < 4.78 is 25.0. The van der Waals surface area contributed by atoms with Crippen molar-refractivity contribution in [3.05, 3.63) is 77.3 Å². The van der Waals surface area contributed by atoms with E-state index in [9.17, 15) is 8.42 Å². The van der Waals surface area contributed by atoms with Gasteiger partial charge >= 0.3 is 0 Å². The Morgan fingerprint density at radius 3 is 2.19 bits per heavy atom. The van der Waals surface area contributed by atoms with E-state index in [1.165, 1.54) is 0 Å². The van der Waals surface area contributed by atoms with E-state index in [-0.39, 0.29) is 5.75 Å². The van der Waals surface area contributed by atoms with E-state index in [0.29, 0.717) is 9.92 Å². The second-order valence-corrected chi connectivity index (χ2v) is 7.32. The monoisotopic (exact) mass is 316 g/mol. The second-order valence-electron chi connectivity index (χ2n) is 4.89. The molecular formula is C17H13ClO2S. The third-order valence-corrected chi connectivity index (χ3v) is 5.29. The summed E-state index contributed by atoms with van der Waals surface area (Å²) in [4.78, 5) is 0.344. The standard InChI is InChI=1S/C17H13ClO2S/c18-16-8-5-13(6-9-16)12-21(19,20)17-10-7-14-3-1-2-4-15(14)11-17/h1-11H,12H2. The Hall–Kier alpha value is -1.84. The molecule has 0 amide bonds. The van der Waals surface area contributed by atoms with E-state index in [1.54, 1.807) is 36.4 Å². The zero-order valence-corrected chi connectivity index (χ0v) is 12.7. The minimum absolute atomic E-state index is 0.0253. The van der Waals surface area contributed by atoms with Gasteiger partial charge < -0.3 is 0 Å². The number of rotatable bonds is 3. The van der Waals surface area contributed by atoms with Crippen molar-refractivity contribution in [3.8, 4) is 0 Å². The summed E-state index contributed by atoms with van der Waals surface area (Å²) in [6.07, 6.45) is 0. The lowest BCUT2D eigenvalue weighted by Gasteiger charge is -2.06. The van der Waals surface area contributed by atoms with Crippen LogP contribution >= 0.6 is 11.6 Å². The molecule has 2 nitrogen and oxygen atoms in total. The molecule has 0 aromatic heterocycles. The molecule has 3 rings (SSSR count). The SMILES string of the molecule is O=S(=O)(Cc1ccc(Cl)cc1)c1ccc2ccccc2c1. The van der Waals surface area contributed by atoms with Crippen molar-refractivity contribution in [1.29, 1.82) is 0 Å². The Bertz CT molecular complexity index is 884. The van der Waals surface area contributed by atoms with Crippen molar-refractivity contribution in [2.24, 2.45) is 0 Å². The van der Waals surface area contributed by atoms with Crippen LogP contribution in [0.4, 0.5) is 0 Å². The summed E-state index contributed by atoms with van der Waals surface area (Å²) in [6.45, 7) is 0. The number of hydrogen-bond acceptors (Lipinski definition) is 2. The van der Waals surface area contributed by atoms with E-state index < -0.39 is 9.84 Å². The normalized spacial score (nSPS) is 11.7. The van der Waals surface area contributed by atoms with Gasteiger partial charge in [-0.1, -0.05) is 54.1 Å². The summed E-state index contributed by atoms with van der Waals surface area (Å²) in [5.74, 6) is -0.0253. The van der Waals surface area contributed by atoms with Crippen LogP contribution in [0.3, 0.4) is 0 Å². The quantitative estimate of drug-likeness (QED) is 0.714. The molecule has 0 heterocycles. The fourth-order valence-corrected chi connectivity index (χ4v) is 3.75. The summed E-state index contributed by atoms with van der Waals surface area (Å²) >= 11 is 5.82. The van der Waals surface area contributed by atoms with Crippen LogP contribution in [0, 0.1) is 0 Å². The van der Waals surface area contributed by atoms with Crippen LogP contribution in [-0.4, -0.2) is 8.42 Å². The van der Waals surface area contributed by atoms with Gasteiger partial charge in [0.1, 0.15) is 0 Å². The molecule has 0 atom stereocenters. The summed E-state index contributed by atoms with van der Waals surface area (Å²) in [6, 6.07) is 19.8. The molecule has 3 aromatic carbocycles. The molecule has 0 saturated carbocycles. The number of hydrogen-bond donors (Lipinski definition) is 0. The van der Waals surface area contributed by atoms with Gasteiger partial charge in [0.15, 0.2) is 9.84 Å². The highest BCUT2D eigenvalue weighted by molar-refractivity contribution is 7.90. The van der Waals surface area contributed by atoms with Crippen molar-refractivity contribution in [3.63, 3.8) is 0 Å². The van der Waals surface area contributed by atoms with Crippen LogP contribution in [0.15, 0.2) is 71.6 Å². The number of fused-ring (bicyclic) bond motifs is 1. The average Bonchev–Trinajstić information content (AvgIpc) is 2.49. The molecule has 0 N–H and O–H groups in total. The molecule has 0 aliphatic carbocycles. The van der Waals surface area contributed by atoms with E-state index in [2.05, 4.69) is 0 Å². The molecule has 0 radical (unpaired) electrons. The minimum atomic E-state index is -3.36. The Balaban J connectivity index is 1.97. The lowest BCUT2D eigenvalue weighted by atomic mass is 10.1. The van der Waals surface area contributed by atoms with E-state index in [0.717, 1.165) is 16.3 Å². The molecule has 0 unspecified atom stereocenters. The highest BCUT2D eigenvalue weighted by atomic mass is 35.5. The van der Waals surface area contributed by atoms with E-state index in [4.69, 9.17) is 11.6 Å². The van der Waals surface area contributed by atoms with Gasteiger partial charge in [0.25, 0.3) is 0 Å². The maximum atomic E-state index is 12.5. The van der Waals surface area contributed by atoms with Crippen LogP contribution in [0.25, 0.3) is 10.8 Å². The third kappa shape index (κ3) is 3.09. The largest absolute Gasteiger partial charge is 0.223 e. The topological polar surface area (TPSA) is 34.1 Å². The van der Waals surface area contributed by atoms with Crippen molar-refractivity contribution >= 4 is 32.2 Å². The molecule has 0 fully saturated rings. The van der Waals surface area contributed by atoms with Gasteiger partial charge in [0.05, 0.1) is 10.6 Å². The maximum absolute atomic E-state index is 12.5. The molecule has 0 spiro atoms. The Morgan fingerprint density at radius 2 is 1.48 bits per heavy atom. The van der Waals surface area contributed by atoms with Crippen molar-refractivity contribution in [1.82, 2.24) is 0 Å². The summed E-state index contributed by atoms with van der Waals surface area (Å²) in [5.41, 5.74) is 0.729. The van der Waals surface area contributed by atoms with Crippen LogP contribution < -0.4 is 0 Å². The fraction of sp³-hybridized carbons (Fsp3) is 0.0588. The zero-order valence-electron chi connectivity index (χ0n) is 11.2. The Morgan fingerprint density at radius 1 is 0.810 bits per heavy atom. The summed E-state index contributed by atoms with van der Waals surface area (Å²) in [7, 11) is -3.36. The predicted molar refractivity (Wildman–Crippen MR) is 86.3 cm³/mol. The van der Waals surface area contributed by atoms with Gasteiger partial charge in [-0.25, -0.2) is 8.42 Å². The van der Waals surface area contributed by atoms with Crippen LogP contribution in [0.1, 0.15) is 5.56 Å². The minimum Gasteiger partial charge on any atom is -0.223 e. The van der Waals surface area contributed by atoms with Crippen LogP contribution in [-0.2, 0) is 15.6 Å². The molecule has 0 aliphatic rings. The molecule has 4 heteroatoms. The molecule has 3 aromatic rings. The first-order valence-electron chi connectivity index (χ1n) is 6.51. The van der Waals surface area contributed by atoms with Gasteiger partial charge in [-0.2, -0.15) is 0 Å². The number of halogens is 1. The predicted octanol–water partition coefficient (Wildman–Crippen LogP) is 4.47. The van der Waals surface area contributed by atoms with E-state index in [1.807, 2.05) is 30.3 Å². The first-order valence-corrected chi connectivity index (χ1v) is 8.54. The second kappa shape index (κ2) is 5.51. The van der Waals surface area contributed by atoms with Gasteiger partial charge in [-0.05, 0) is 40.6 Å². The molecule has 0 aliphatic heterocycles. The van der Waals surface area contributed by atoms with Crippen molar-refractivity contribution in [2.75, 3.05) is 0 Å². The highest BCUT2D eigenvalue weighted by Gasteiger charge is 2.15. The van der Waals surface area contributed by atoms with Gasteiger partial charge in [0, 0.05) is 5.02 Å². The molecule has 0 bridgehead atoms. The lowest BCUT2D eigenvalue weighted by molar-refractivity contribution is 0.595. The van der Waals surface area contributed by atoms with Gasteiger partial charge in [-0.15, -0.1) is 0 Å². The molecule has 0 saturated heterocycles. The maximum Gasteiger partial charge on any atom is 0.182 e. The first kappa shape index (κ1) is 14.1. The van der Waals surface area contributed by atoms with Gasteiger partial charge in [-0.3, -0.25) is 0 Å². The lowest BCUT2D eigenvalue weighted by Crippen LogP contribution is -2.04. The highest BCUT2D eigenvalue weighted by Crippen LogP contribution is 2.22. The molecule has 106 valence electrons. The van der Waals surface area contributed by atoms with Crippen LogP contribution in [0.2, 0.25) is 5.02 Å². The van der Waals surface area contributed by atoms with Crippen molar-refractivity contribution in [2.45, 2.75) is 10.6 Å². The number of benzene rings is 3. The van der Waals surface area contributed by atoms with Crippen LogP contribution in [0.5, 0.6) is 0 Å². The van der Waals surface area contributed by atoms with E-state index >= 15 is 0 Å². The average molecular weight is 317 g/mol. The summed E-state index contributed by atoms with van der Waals surface area (Å²) in [5, 5.41) is 2.56. The smallest absolute Gasteiger partial charge is 0.182 e. The Kier molecular flexibility index (Phi) is 3.70. The molecular weight excluding hydrogens is 304 g/mol. The fourth-order valence-electron chi connectivity index (χ4n) is 2.24. The van der Waals surface area contributed by atoms with Crippen molar-refractivity contribution < 1.29 is 8.42 Å². The molecule has 21 heavy (non-hydrogen) atoms. The zero-order chi connectivity index (χ0) is 14.9. The first-order chi connectivity index (χ1) is 10.0. The number of sulfone groups is 1. The third-order valence-electron chi connectivity index (χ3n) is 3.35. The Labute approximate surface area is 128 Å².